The Bertz CT molecular complexity index is 383. The third-order valence-corrected chi connectivity index (χ3v) is 3.36. The zero-order valence-corrected chi connectivity index (χ0v) is 11.6. The van der Waals surface area contributed by atoms with Crippen LogP contribution in [0, 0.1) is 20.8 Å². The molecule has 0 aliphatic rings. The van der Waals surface area contributed by atoms with Crippen LogP contribution in [0.25, 0.3) is 0 Å². The summed E-state index contributed by atoms with van der Waals surface area (Å²) in [6.45, 7) is 12.6. The van der Waals surface area contributed by atoms with Gasteiger partial charge in [0.1, 0.15) is 0 Å². The standard InChI is InChI=1S/C14H25N3/c1-10-6-12(3)13(7-11(10)2)14(4,5)8-16-9-17-15/h6-7,16-17H,8-9,15H2,1-5H3. The molecule has 0 saturated carbocycles. The van der Waals surface area contributed by atoms with Crippen molar-refractivity contribution >= 4 is 0 Å². The first kappa shape index (κ1) is 14.2. The summed E-state index contributed by atoms with van der Waals surface area (Å²) in [4.78, 5) is 0. The van der Waals surface area contributed by atoms with Gasteiger partial charge in [-0.25, -0.2) is 5.43 Å². The lowest BCUT2D eigenvalue weighted by molar-refractivity contribution is 0.452. The van der Waals surface area contributed by atoms with Crippen molar-refractivity contribution in [2.45, 2.75) is 40.0 Å². The number of benzene rings is 1. The van der Waals surface area contributed by atoms with E-state index in [-0.39, 0.29) is 5.41 Å². The molecule has 17 heavy (non-hydrogen) atoms. The number of hydrogen-bond acceptors (Lipinski definition) is 3. The Morgan fingerprint density at radius 2 is 1.65 bits per heavy atom. The van der Waals surface area contributed by atoms with Crippen LogP contribution in [0.3, 0.4) is 0 Å². The SMILES string of the molecule is Cc1cc(C)c(C(C)(C)CNCNN)cc1C. The van der Waals surface area contributed by atoms with Gasteiger partial charge in [0.15, 0.2) is 0 Å². The molecular weight excluding hydrogens is 210 g/mol. The average Bonchev–Trinajstić information content (AvgIpc) is 2.23. The first-order valence-corrected chi connectivity index (χ1v) is 6.11. The molecule has 0 bridgehead atoms. The molecule has 0 aromatic heterocycles. The summed E-state index contributed by atoms with van der Waals surface area (Å²) in [5.41, 5.74) is 8.21. The zero-order valence-electron chi connectivity index (χ0n) is 11.6. The fourth-order valence-electron chi connectivity index (χ4n) is 2.23. The highest BCUT2D eigenvalue weighted by molar-refractivity contribution is 5.40. The molecule has 96 valence electrons. The highest BCUT2D eigenvalue weighted by Gasteiger charge is 2.22. The first-order chi connectivity index (χ1) is 7.88. The Hall–Kier alpha value is -0.900. The van der Waals surface area contributed by atoms with Gasteiger partial charge in [0, 0.05) is 12.0 Å². The van der Waals surface area contributed by atoms with Crippen molar-refractivity contribution in [1.82, 2.24) is 10.7 Å². The lowest BCUT2D eigenvalue weighted by atomic mass is 9.80. The summed E-state index contributed by atoms with van der Waals surface area (Å²) < 4.78 is 0. The topological polar surface area (TPSA) is 50.1 Å². The third kappa shape index (κ3) is 3.53. The van der Waals surface area contributed by atoms with E-state index in [0.717, 1.165) is 6.54 Å². The van der Waals surface area contributed by atoms with Crippen LogP contribution in [-0.4, -0.2) is 13.2 Å². The number of nitrogens with one attached hydrogen (secondary N) is 2. The molecule has 0 unspecified atom stereocenters. The van der Waals surface area contributed by atoms with Gasteiger partial charge in [-0.05, 0) is 43.0 Å². The van der Waals surface area contributed by atoms with Crippen molar-refractivity contribution in [1.29, 1.82) is 0 Å². The van der Waals surface area contributed by atoms with E-state index in [1.54, 1.807) is 0 Å². The summed E-state index contributed by atoms with van der Waals surface area (Å²) in [6, 6.07) is 4.58. The highest BCUT2D eigenvalue weighted by atomic mass is 15.3. The second-order valence-electron chi connectivity index (χ2n) is 5.44. The molecule has 0 aliphatic heterocycles. The molecule has 0 radical (unpaired) electrons. The molecule has 0 saturated heterocycles. The molecule has 0 fully saturated rings. The Morgan fingerprint density at radius 1 is 1.06 bits per heavy atom. The van der Waals surface area contributed by atoms with Crippen molar-refractivity contribution in [2.75, 3.05) is 13.2 Å². The lowest BCUT2D eigenvalue weighted by Gasteiger charge is -2.28. The molecule has 0 atom stereocenters. The molecule has 1 rings (SSSR count). The van der Waals surface area contributed by atoms with Crippen LogP contribution in [0.2, 0.25) is 0 Å². The molecule has 4 N–H and O–H groups in total. The van der Waals surface area contributed by atoms with Crippen LogP contribution >= 0.6 is 0 Å². The van der Waals surface area contributed by atoms with Gasteiger partial charge in [0.2, 0.25) is 0 Å². The molecule has 0 heterocycles. The van der Waals surface area contributed by atoms with Crippen molar-refractivity contribution in [3.63, 3.8) is 0 Å². The minimum absolute atomic E-state index is 0.111. The Balaban J connectivity index is 2.93. The number of nitrogens with two attached hydrogens (primary N) is 1. The van der Waals surface area contributed by atoms with Gasteiger partial charge in [-0.2, -0.15) is 0 Å². The van der Waals surface area contributed by atoms with Gasteiger partial charge >= 0.3 is 0 Å². The lowest BCUT2D eigenvalue weighted by Crippen LogP contribution is -2.40. The monoisotopic (exact) mass is 235 g/mol. The summed E-state index contributed by atoms with van der Waals surface area (Å²) >= 11 is 0. The van der Waals surface area contributed by atoms with Crippen molar-refractivity contribution in [3.8, 4) is 0 Å². The Kier molecular flexibility index (Phi) is 4.69. The van der Waals surface area contributed by atoms with Gasteiger partial charge in [0.05, 0.1) is 6.67 Å². The van der Waals surface area contributed by atoms with Gasteiger partial charge in [-0.1, -0.05) is 26.0 Å². The highest BCUT2D eigenvalue weighted by Crippen LogP contribution is 2.28. The fourth-order valence-corrected chi connectivity index (χ4v) is 2.23. The largest absolute Gasteiger partial charge is 0.303 e. The van der Waals surface area contributed by atoms with Crippen LogP contribution in [-0.2, 0) is 5.41 Å². The second-order valence-corrected chi connectivity index (χ2v) is 5.44. The molecule has 0 spiro atoms. The van der Waals surface area contributed by atoms with Crippen LogP contribution in [0.5, 0.6) is 0 Å². The van der Waals surface area contributed by atoms with Crippen molar-refractivity contribution < 1.29 is 0 Å². The second kappa shape index (κ2) is 5.63. The van der Waals surface area contributed by atoms with E-state index in [0.29, 0.717) is 6.67 Å². The third-order valence-electron chi connectivity index (χ3n) is 3.36. The normalized spacial score (nSPS) is 11.9. The fraction of sp³-hybridized carbons (Fsp3) is 0.571. The minimum atomic E-state index is 0.111. The maximum Gasteiger partial charge on any atom is 0.0587 e. The zero-order chi connectivity index (χ0) is 13.1. The van der Waals surface area contributed by atoms with Crippen molar-refractivity contribution in [3.05, 3.63) is 34.4 Å². The molecule has 1 aromatic carbocycles. The van der Waals surface area contributed by atoms with E-state index >= 15 is 0 Å². The number of hydrazine groups is 1. The molecular formula is C14H25N3. The van der Waals surface area contributed by atoms with Crippen LogP contribution in [0.1, 0.15) is 36.1 Å². The summed E-state index contributed by atoms with van der Waals surface area (Å²) in [5.74, 6) is 5.26. The maximum atomic E-state index is 5.26. The number of aryl methyl sites for hydroxylation is 3. The maximum absolute atomic E-state index is 5.26. The summed E-state index contributed by atoms with van der Waals surface area (Å²) in [5, 5.41) is 3.30. The van der Waals surface area contributed by atoms with E-state index in [2.05, 4.69) is 57.5 Å². The number of hydrogen-bond donors (Lipinski definition) is 3. The predicted octanol–water partition coefficient (Wildman–Crippen LogP) is 1.90. The molecule has 3 nitrogen and oxygen atoms in total. The average molecular weight is 235 g/mol. The smallest absolute Gasteiger partial charge is 0.0587 e. The van der Waals surface area contributed by atoms with Gasteiger partial charge in [-0.15, -0.1) is 0 Å². The minimum Gasteiger partial charge on any atom is -0.303 e. The molecule has 0 aliphatic carbocycles. The molecule has 1 aromatic rings. The molecule has 3 heteroatoms. The van der Waals surface area contributed by atoms with Crippen LogP contribution < -0.4 is 16.6 Å². The summed E-state index contributed by atoms with van der Waals surface area (Å²) in [7, 11) is 0. The first-order valence-electron chi connectivity index (χ1n) is 6.11. The van der Waals surface area contributed by atoms with Gasteiger partial charge < -0.3 is 5.32 Å². The Morgan fingerprint density at radius 3 is 2.24 bits per heavy atom. The van der Waals surface area contributed by atoms with E-state index in [1.807, 2.05) is 0 Å². The quantitative estimate of drug-likeness (QED) is 0.316. The van der Waals surface area contributed by atoms with Gasteiger partial charge in [-0.3, -0.25) is 5.84 Å². The predicted molar refractivity (Wildman–Crippen MR) is 73.9 cm³/mol. The summed E-state index contributed by atoms with van der Waals surface area (Å²) in [6.07, 6.45) is 0. The van der Waals surface area contributed by atoms with E-state index in [1.165, 1.54) is 22.3 Å². The molecule has 0 amide bonds. The van der Waals surface area contributed by atoms with Gasteiger partial charge in [0.25, 0.3) is 0 Å². The van der Waals surface area contributed by atoms with Crippen LogP contribution in [0.4, 0.5) is 0 Å². The van der Waals surface area contributed by atoms with E-state index < -0.39 is 0 Å². The van der Waals surface area contributed by atoms with E-state index in [4.69, 9.17) is 5.84 Å². The van der Waals surface area contributed by atoms with Crippen LogP contribution in [0.15, 0.2) is 12.1 Å². The van der Waals surface area contributed by atoms with Crippen molar-refractivity contribution in [2.24, 2.45) is 5.84 Å². The van der Waals surface area contributed by atoms with E-state index in [9.17, 15) is 0 Å². The number of rotatable bonds is 5. The Labute approximate surface area is 105 Å².